The Morgan fingerprint density at radius 1 is 1.05 bits per heavy atom. The number of ether oxygens (including phenoxy) is 1. The van der Waals surface area contributed by atoms with Gasteiger partial charge in [-0.05, 0) is 57.6 Å². The normalized spacial score (nSPS) is 20.9. The number of benzene rings is 1. The van der Waals surface area contributed by atoms with Crippen LogP contribution in [0.3, 0.4) is 0 Å². The van der Waals surface area contributed by atoms with Crippen LogP contribution in [-0.2, 0) is 22.6 Å². The Balaban J connectivity index is 1.26. The van der Waals surface area contributed by atoms with Gasteiger partial charge in [0.15, 0.2) is 0 Å². The van der Waals surface area contributed by atoms with Crippen molar-refractivity contribution in [3.8, 4) is 0 Å². The third-order valence-electron chi connectivity index (χ3n) is 8.59. The van der Waals surface area contributed by atoms with Gasteiger partial charge in [-0.15, -0.1) is 0 Å². The minimum atomic E-state index is -1.12. The second kappa shape index (κ2) is 12.1. The lowest BCUT2D eigenvalue weighted by Gasteiger charge is -2.43. The van der Waals surface area contributed by atoms with Gasteiger partial charge in [-0.2, -0.15) is 0 Å². The van der Waals surface area contributed by atoms with Gasteiger partial charge in [-0.25, -0.2) is 9.78 Å². The molecule has 2 aliphatic rings. The van der Waals surface area contributed by atoms with Gasteiger partial charge >= 0.3 is 6.09 Å². The Morgan fingerprint density at radius 3 is 2.40 bits per heavy atom. The van der Waals surface area contributed by atoms with E-state index in [1.807, 2.05) is 66.8 Å². The summed E-state index contributed by atoms with van der Waals surface area (Å²) in [6.07, 6.45) is 4.33. The van der Waals surface area contributed by atoms with E-state index in [-0.39, 0.29) is 35.9 Å². The van der Waals surface area contributed by atoms with Gasteiger partial charge in [-0.3, -0.25) is 14.2 Å². The van der Waals surface area contributed by atoms with Crippen LogP contribution in [0.1, 0.15) is 65.4 Å². The summed E-state index contributed by atoms with van der Waals surface area (Å²) >= 11 is 0. The summed E-state index contributed by atoms with van der Waals surface area (Å²) in [6, 6.07) is 11.7. The molecule has 2 aromatic heterocycles. The van der Waals surface area contributed by atoms with Crippen molar-refractivity contribution in [1.29, 1.82) is 0 Å². The maximum Gasteiger partial charge on any atom is 0.410 e. The lowest BCUT2D eigenvalue weighted by atomic mass is 9.79. The Labute approximate surface area is 253 Å². The Hall–Kier alpha value is -3.66. The Bertz CT molecular complexity index is 1500. The maximum absolute atomic E-state index is 13.9. The molecule has 232 valence electrons. The Kier molecular flexibility index (Phi) is 8.70. The minimum absolute atomic E-state index is 0.0477. The molecule has 0 aliphatic carbocycles. The molecule has 0 saturated carbocycles. The number of carbonyl (C=O) groups excluding carboxylic acids is 2. The topological polar surface area (TPSA) is 110 Å². The number of rotatable bonds is 6. The number of hydrogen-bond acceptors (Lipinski definition) is 6. The summed E-state index contributed by atoms with van der Waals surface area (Å²) in [5, 5.41) is 12.0. The summed E-state index contributed by atoms with van der Waals surface area (Å²) in [7, 11) is 0. The van der Waals surface area contributed by atoms with Gasteiger partial charge in [-0.1, -0.05) is 44.2 Å². The number of piperidine rings is 2. The zero-order valence-electron chi connectivity index (χ0n) is 26.0. The van der Waals surface area contributed by atoms with Crippen molar-refractivity contribution in [3.63, 3.8) is 0 Å². The molecule has 5 rings (SSSR count). The smallest absolute Gasteiger partial charge is 0.410 e. The first-order valence-electron chi connectivity index (χ1n) is 15.4. The monoisotopic (exact) mass is 591 g/mol. The highest BCUT2D eigenvalue weighted by atomic mass is 16.6. The van der Waals surface area contributed by atoms with Crippen LogP contribution in [0.4, 0.5) is 4.79 Å². The highest BCUT2D eigenvalue weighted by molar-refractivity contribution is 5.81. The molecule has 0 bridgehead atoms. The number of hydrogen-bond donors (Lipinski definition) is 1. The molecule has 0 unspecified atom stereocenters. The summed E-state index contributed by atoms with van der Waals surface area (Å²) in [5.41, 5.74) is -0.195. The molecule has 2 saturated heterocycles. The molecule has 43 heavy (non-hydrogen) atoms. The zero-order chi connectivity index (χ0) is 30.9. The second-order valence-electron chi connectivity index (χ2n) is 13.7. The summed E-state index contributed by atoms with van der Waals surface area (Å²) in [4.78, 5) is 48.2. The molecule has 10 heteroatoms. The molecule has 3 aromatic rings. The van der Waals surface area contributed by atoms with Crippen LogP contribution in [0.2, 0.25) is 0 Å². The van der Waals surface area contributed by atoms with Crippen molar-refractivity contribution in [1.82, 2.24) is 23.9 Å². The van der Waals surface area contributed by atoms with E-state index in [9.17, 15) is 19.5 Å². The molecular formula is C33H45N5O5. The summed E-state index contributed by atoms with van der Waals surface area (Å²) in [6.45, 7) is 12.4. The highest BCUT2D eigenvalue weighted by Crippen LogP contribution is 2.36. The van der Waals surface area contributed by atoms with Gasteiger partial charge in [0.05, 0.1) is 17.5 Å². The van der Waals surface area contributed by atoms with E-state index >= 15 is 0 Å². The van der Waals surface area contributed by atoms with E-state index in [1.165, 1.54) is 10.9 Å². The van der Waals surface area contributed by atoms with Crippen molar-refractivity contribution in [2.24, 2.45) is 11.8 Å². The van der Waals surface area contributed by atoms with Gasteiger partial charge in [0, 0.05) is 50.8 Å². The third-order valence-corrected chi connectivity index (χ3v) is 8.59. The predicted molar refractivity (Wildman–Crippen MR) is 165 cm³/mol. The fourth-order valence-electron chi connectivity index (χ4n) is 6.39. The molecule has 1 aromatic carbocycles. The lowest BCUT2D eigenvalue weighted by Crippen LogP contribution is -2.53. The number of aromatic nitrogens is 3. The van der Waals surface area contributed by atoms with E-state index in [2.05, 4.69) is 18.8 Å². The fourth-order valence-corrected chi connectivity index (χ4v) is 6.39. The van der Waals surface area contributed by atoms with Crippen LogP contribution in [0, 0.1) is 11.8 Å². The van der Waals surface area contributed by atoms with Crippen LogP contribution < -0.4 is 5.56 Å². The van der Waals surface area contributed by atoms with Crippen LogP contribution in [0.25, 0.3) is 11.0 Å². The first kappa shape index (κ1) is 30.8. The van der Waals surface area contributed by atoms with E-state index in [1.54, 1.807) is 11.0 Å². The molecule has 0 radical (unpaired) electrons. The summed E-state index contributed by atoms with van der Waals surface area (Å²) in [5.74, 6) is 0.0342. The predicted octanol–water partition coefficient (Wildman–Crippen LogP) is 4.25. The Morgan fingerprint density at radius 2 is 1.74 bits per heavy atom. The number of amides is 2. The van der Waals surface area contributed by atoms with Gasteiger partial charge in [0.2, 0.25) is 5.91 Å². The highest BCUT2D eigenvalue weighted by Gasteiger charge is 2.42. The van der Waals surface area contributed by atoms with Crippen molar-refractivity contribution < 1.29 is 19.4 Å². The first-order valence-corrected chi connectivity index (χ1v) is 15.4. The van der Waals surface area contributed by atoms with Crippen molar-refractivity contribution >= 4 is 23.0 Å². The standard InChI is InChI=1S/C33H45N5O5/c1-23(2)19-36-15-12-26-28(36)34-22-38(30(26)40)21-33(42)13-17-35(18-14-33)29(39)25-11-16-37(31(41)43-32(3,4)5)20-27(25)24-9-7-6-8-10-24/h6-10,12,15,22-23,25,27,42H,11,13-14,16-21H2,1-5H3/t25-,27+/m1/s1. The molecule has 0 spiro atoms. The third kappa shape index (κ3) is 6.95. The average Bonchev–Trinajstić information content (AvgIpc) is 3.36. The fraction of sp³-hybridized carbons (Fsp3) is 0.576. The van der Waals surface area contributed by atoms with Crippen LogP contribution >= 0.6 is 0 Å². The largest absolute Gasteiger partial charge is 0.444 e. The van der Waals surface area contributed by atoms with Crippen molar-refractivity contribution in [2.75, 3.05) is 26.2 Å². The number of carbonyl (C=O) groups is 2. The van der Waals surface area contributed by atoms with E-state index in [4.69, 9.17) is 4.74 Å². The minimum Gasteiger partial charge on any atom is -0.444 e. The lowest BCUT2D eigenvalue weighted by molar-refractivity contribution is -0.142. The molecule has 1 N–H and O–H groups in total. The average molecular weight is 592 g/mol. The number of nitrogens with zero attached hydrogens (tertiary/aromatic N) is 5. The van der Waals surface area contributed by atoms with E-state index < -0.39 is 11.2 Å². The van der Waals surface area contributed by atoms with Crippen molar-refractivity contribution in [3.05, 3.63) is 64.8 Å². The molecule has 2 amide bonds. The van der Waals surface area contributed by atoms with Gasteiger partial charge in [0.25, 0.3) is 5.56 Å². The van der Waals surface area contributed by atoms with E-state index in [0.29, 0.717) is 62.4 Å². The number of aliphatic hydroxyl groups is 1. The molecular weight excluding hydrogens is 546 g/mol. The second-order valence-corrected chi connectivity index (χ2v) is 13.7. The van der Waals surface area contributed by atoms with Gasteiger partial charge < -0.3 is 24.2 Å². The molecule has 10 nitrogen and oxygen atoms in total. The van der Waals surface area contributed by atoms with Crippen LogP contribution in [-0.4, -0.2) is 78.4 Å². The molecule has 2 fully saturated rings. The summed E-state index contributed by atoms with van der Waals surface area (Å²) < 4.78 is 9.12. The zero-order valence-corrected chi connectivity index (χ0v) is 26.0. The molecule has 2 atom stereocenters. The number of fused-ring (bicyclic) bond motifs is 1. The maximum atomic E-state index is 13.9. The number of likely N-dealkylation sites (tertiary alicyclic amines) is 2. The first-order chi connectivity index (χ1) is 20.3. The molecule has 4 heterocycles. The van der Waals surface area contributed by atoms with Crippen molar-refractivity contribution in [2.45, 2.75) is 84.1 Å². The van der Waals surface area contributed by atoms with E-state index in [0.717, 1.165) is 12.1 Å². The van der Waals surface area contributed by atoms with Crippen LogP contribution in [0.5, 0.6) is 0 Å². The van der Waals surface area contributed by atoms with Crippen LogP contribution in [0.15, 0.2) is 53.7 Å². The SMILES string of the molecule is CC(C)Cn1ccc2c(=O)n(CC3(O)CCN(C(=O)[C@@H]4CCN(C(=O)OC(C)(C)C)C[C@H]4c4ccccc4)CC3)cnc21. The molecule has 2 aliphatic heterocycles. The quantitative estimate of drug-likeness (QED) is 0.459. The van der Waals surface area contributed by atoms with Gasteiger partial charge in [0.1, 0.15) is 17.6 Å².